The Morgan fingerprint density at radius 1 is 0.909 bits per heavy atom. The standard InChI is InChI=1S/C17H20O5/c1-21-14-5-4-12(16(20)10-14)9-13(18)7-11-3-6-15(19)17(8-11)22-2/h3-6,8,10,13,18-20H,7,9H2,1-2H3/t13-/m1/s1. The number of methoxy groups -OCH3 is 2. The Kier molecular flexibility index (Phi) is 5.12. The Morgan fingerprint density at radius 3 is 2.32 bits per heavy atom. The summed E-state index contributed by atoms with van der Waals surface area (Å²) in [6.07, 6.45) is 0.0507. The van der Waals surface area contributed by atoms with E-state index in [1.165, 1.54) is 26.4 Å². The summed E-state index contributed by atoms with van der Waals surface area (Å²) in [7, 11) is 3.01. The highest BCUT2D eigenvalue weighted by atomic mass is 16.5. The summed E-state index contributed by atoms with van der Waals surface area (Å²) >= 11 is 0. The minimum atomic E-state index is -0.659. The summed E-state index contributed by atoms with van der Waals surface area (Å²) in [6.45, 7) is 0. The van der Waals surface area contributed by atoms with Crippen molar-refractivity contribution in [2.75, 3.05) is 14.2 Å². The second-order valence-electron chi connectivity index (χ2n) is 5.06. The van der Waals surface area contributed by atoms with Crippen molar-refractivity contribution in [2.45, 2.75) is 18.9 Å². The van der Waals surface area contributed by atoms with E-state index in [1.54, 1.807) is 24.3 Å². The number of benzene rings is 2. The molecule has 22 heavy (non-hydrogen) atoms. The average molecular weight is 304 g/mol. The van der Waals surface area contributed by atoms with Gasteiger partial charge in [0, 0.05) is 12.5 Å². The molecule has 1 atom stereocenters. The maximum Gasteiger partial charge on any atom is 0.160 e. The molecule has 5 nitrogen and oxygen atoms in total. The number of hydrogen-bond donors (Lipinski definition) is 3. The molecule has 0 radical (unpaired) electrons. The molecule has 0 aliphatic rings. The summed E-state index contributed by atoms with van der Waals surface area (Å²) in [5, 5.41) is 29.7. The molecule has 0 aliphatic heterocycles. The van der Waals surface area contributed by atoms with Crippen LogP contribution in [-0.2, 0) is 12.8 Å². The molecule has 0 amide bonds. The smallest absolute Gasteiger partial charge is 0.160 e. The van der Waals surface area contributed by atoms with Gasteiger partial charge in [-0.25, -0.2) is 0 Å². The number of hydrogen-bond acceptors (Lipinski definition) is 5. The normalized spacial score (nSPS) is 12.0. The minimum Gasteiger partial charge on any atom is -0.508 e. The largest absolute Gasteiger partial charge is 0.508 e. The Labute approximate surface area is 129 Å². The van der Waals surface area contributed by atoms with Gasteiger partial charge in [-0.15, -0.1) is 0 Å². The van der Waals surface area contributed by atoms with Crippen LogP contribution in [0.4, 0.5) is 0 Å². The number of phenolic OH excluding ortho intramolecular Hbond substituents is 2. The molecule has 118 valence electrons. The number of aliphatic hydroxyl groups is 1. The Bertz CT molecular complexity index is 639. The number of phenols is 2. The van der Waals surface area contributed by atoms with Crippen molar-refractivity contribution in [3.63, 3.8) is 0 Å². The number of aliphatic hydroxyl groups excluding tert-OH is 1. The summed E-state index contributed by atoms with van der Waals surface area (Å²) in [6, 6.07) is 9.94. The summed E-state index contributed by atoms with van der Waals surface area (Å²) in [4.78, 5) is 0. The highest BCUT2D eigenvalue weighted by molar-refractivity contribution is 5.42. The van der Waals surface area contributed by atoms with Crippen LogP contribution in [0.5, 0.6) is 23.0 Å². The lowest BCUT2D eigenvalue weighted by Gasteiger charge is -2.13. The van der Waals surface area contributed by atoms with Crippen LogP contribution in [0.25, 0.3) is 0 Å². The van der Waals surface area contributed by atoms with Gasteiger partial charge in [0.2, 0.25) is 0 Å². The van der Waals surface area contributed by atoms with E-state index in [4.69, 9.17) is 9.47 Å². The van der Waals surface area contributed by atoms with Gasteiger partial charge >= 0.3 is 0 Å². The summed E-state index contributed by atoms with van der Waals surface area (Å²) in [5.41, 5.74) is 1.49. The third-order valence-corrected chi connectivity index (χ3v) is 3.46. The van der Waals surface area contributed by atoms with Gasteiger partial charge < -0.3 is 24.8 Å². The van der Waals surface area contributed by atoms with E-state index >= 15 is 0 Å². The van der Waals surface area contributed by atoms with Gasteiger partial charge in [-0.2, -0.15) is 0 Å². The zero-order valence-electron chi connectivity index (χ0n) is 12.6. The molecule has 2 aromatic carbocycles. The monoisotopic (exact) mass is 304 g/mol. The molecule has 5 heteroatoms. The van der Waals surface area contributed by atoms with Crippen LogP contribution < -0.4 is 9.47 Å². The van der Waals surface area contributed by atoms with E-state index in [2.05, 4.69) is 0 Å². The van der Waals surface area contributed by atoms with Crippen LogP contribution in [0.2, 0.25) is 0 Å². The Balaban J connectivity index is 2.05. The van der Waals surface area contributed by atoms with Gasteiger partial charge in [0.25, 0.3) is 0 Å². The predicted octanol–water partition coefficient (Wildman–Crippen LogP) is 2.26. The first kappa shape index (κ1) is 16.0. The molecular formula is C17H20O5. The van der Waals surface area contributed by atoms with Crippen molar-refractivity contribution in [1.82, 2.24) is 0 Å². The van der Waals surface area contributed by atoms with E-state index in [9.17, 15) is 15.3 Å². The first-order chi connectivity index (χ1) is 10.5. The topological polar surface area (TPSA) is 79.2 Å². The fourth-order valence-corrected chi connectivity index (χ4v) is 2.29. The molecule has 0 spiro atoms. The van der Waals surface area contributed by atoms with Gasteiger partial charge in [0.15, 0.2) is 11.5 Å². The molecule has 0 unspecified atom stereocenters. The van der Waals surface area contributed by atoms with Crippen LogP contribution in [0.3, 0.4) is 0 Å². The van der Waals surface area contributed by atoms with E-state index in [0.29, 0.717) is 29.9 Å². The van der Waals surface area contributed by atoms with E-state index in [1.807, 2.05) is 0 Å². The second kappa shape index (κ2) is 7.04. The zero-order valence-corrected chi connectivity index (χ0v) is 12.6. The highest BCUT2D eigenvalue weighted by Crippen LogP contribution is 2.28. The van der Waals surface area contributed by atoms with Gasteiger partial charge in [0.05, 0.1) is 20.3 Å². The second-order valence-corrected chi connectivity index (χ2v) is 5.06. The number of rotatable bonds is 6. The van der Waals surface area contributed by atoms with Crippen LogP contribution in [-0.4, -0.2) is 35.6 Å². The molecular weight excluding hydrogens is 284 g/mol. The van der Waals surface area contributed by atoms with Crippen molar-refractivity contribution < 1.29 is 24.8 Å². The lowest BCUT2D eigenvalue weighted by molar-refractivity contribution is 0.174. The lowest BCUT2D eigenvalue weighted by atomic mass is 10.0. The van der Waals surface area contributed by atoms with Crippen molar-refractivity contribution in [1.29, 1.82) is 0 Å². The molecule has 0 aliphatic carbocycles. The molecule has 0 saturated carbocycles. The molecule has 0 heterocycles. The fraction of sp³-hybridized carbons (Fsp3) is 0.294. The van der Waals surface area contributed by atoms with Crippen molar-refractivity contribution in [2.24, 2.45) is 0 Å². The predicted molar refractivity (Wildman–Crippen MR) is 82.7 cm³/mol. The summed E-state index contributed by atoms with van der Waals surface area (Å²) in [5.74, 6) is 1.10. The molecule has 0 bridgehead atoms. The third kappa shape index (κ3) is 3.83. The molecule has 2 aromatic rings. The lowest BCUT2D eigenvalue weighted by Crippen LogP contribution is -2.14. The van der Waals surface area contributed by atoms with Gasteiger partial charge in [-0.05, 0) is 35.7 Å². The van der Waals surface area contributed by atoms with Crippen LogP contribution >= 0.6 is 0 Å². The molecule has 0 saturated heterocycles. The van der Waals surface area contributed by atoms with E-state index in [-0.39, 0.29) is 11.5 Å². The average Bonchev–Trinajstić information content (AvgIpc) is 2.51. The number of aromatic hydroxyl groups is 2. The Hall–Kier alpha value is -2.40. The third-order valence-electron chi connectivity index (χ3n) is 3.46. The van der Waals surface area contributed by atoms with Crippen LogP contribution in [0.15, 0.2) is 36.4 Å². The maximum atomic E-state index is 10.2. The summed E-state index contributed by atoms with van der Waals surface area (Å²) < 4.78 is 10.1. The van der Waals surface area contributed by atoms with E-state index < -0.39 is 6.10 Å². The van der Waals surface area contributed by atoms with Crippen LogP contribution in [0, 0.1) is 0 Å². The maximum absolute atomic E-state index is 10.2. The highest BCUT2D eigenvalue weighted by Gasteiger charge is 2.12. The zero-order chi connectivity index (χ0) is 16.1. The first-order valence-corrected chi connectivity index (χ1v) is 6.93. The molecule has 3 N–H and O–H groups in total. The van der Waals surface area contributed by atoms with Gasteiger partial charge in [-0.3, -0.25) is 0 Å². The Morgan fingerprint density at radius 2 is 1.68 bits per heavy atom. The molecule has 2 rings (SSSR count). The van der Waals surface area contributed by atoms with Gasteiger partial charge in [-0.1, -0.05) is 12.1 Å². The van der Waals surface area contributed by atoms with Crippen molar-refractivity contribution in [3.05, 3.63) is 47.5 Å². The van der Waals surface area contributed by atoms with Gasteiger partial charge in [0.1, 0.15) is 11.5 Å². The SMILES string of the molecule is COc1ccc(C[C@H](O)Cc2ccc(O)c(OC)c2)c(O)c1. The van der Waals surface area contributed by atoms with Crippen molar-refractivity contribution >= 4 is 0 Å². The minimum absolute atomic E-state index is 0.0635. The molecule has 0 aromatic heterocycles. The van der Waals surface area contributed by atoms with E-state index in [0.717, 1.165) is 5.56 Å². The quantitative estimate of drug-likeness (QED) is 0.763. The van der Waals surface area contributed by atoms with Crippen molar-refractivity contribution in [3.8, 4) is 23.0 Å². The molecule has 0 fully saturated rings. The first-order valence-electron chi connectivity index (χ1n) is 6.93. The van der Waals surface area contributed by atoms with Crippen LogP contribution in [0.1, 0.15) is 11.1 Å². The fourth-order valence-electron chi connectivity index (χ4n) is 2.29. The number of ether oxygens (including phenoxy) is 2.